The van der Waals surface area contributed by atoms with E-state index in [1.54, 1.807) is 24.3 Å². The van der Waals surface area contributed by atoms with E-state index in [0.29, 0.717) is 28.0 Å². The van der Waals surface area contributed by atoms with E-state index in [1.807, 2.05) is 25.7 Å². The van der Waals surface area contributed by atoms with E-state index in [9.17, 15) is 14.7 Å². The number of carboxylic acids is 1. The zero-order valence-electron chi connectivity index (χ0n) is 16.1. The summed E-state index contributed by atoms with van der Waals surface area (Å²) in [7, 11) is 0. The van der Waals surface area contributed by atoms with Gasteiger partial charge in [0.15, 0.2) is 0 Å². The molecule has 2 aromatic rings. The van der Waals surface area contributed by atoms with Crippen LogP contribution in [0.2, 0.25) is 5.02 Å². The first-order valence-electron chi connectivity index (χ1n) is 9.09. The third-order valence-electron chi connectivity index (χ3n) is 4.55. The number of hydrogen-bond donors (Lipinski definition) is 1. The summed E-state index contributed by atoms with van der Waals surface area (Å²) in [5.41, 5.74) is -0.145. The number of halogens is 1. The molecule has 1 amide bonds. The van der Waals surface area contributed by atoms with Crippen LogP contribution in [0.4, 0.5) is 0 Å². The van der Waals surface area contributed by atoms with Crippen molar-refractivity contribution in [2.45, 2.75) is 46.3 Å². The number of thiazole rings is 1. The molecule has 0 radical (unpaired) electrons. The highest BCUT2D eigenvalue weighted by molar-refractivity contribution is 7.13. The summed E-state index contributed by atoms with van der Waals surface area (Å²) in [6.07, 6.45) is 1.65. The highest BCUT2D eigenvalue weighted by Gasteiger charge is 2.38. The van der Waals surface area contributed by atoms with Gasteiger partial charge in [-0.3, -0.25) is 4.79 Å². The second kappa shape index (κ2) is 8.09. The number of aromatic nitrogens is 1. The van der Waals surface area contributed by atoms with Crippen molar-refractivity contribution in [3.8, 4) is 5.75 Å². The van der Waals surface area contributed by atoms with Crippen molar-refractivity contribution in [3.63, 3.8) is 0 Å². The summed E-state index contributed by atoms with van der Waals surface area (Å²) in [5.74, 6) is -0.524. The smallest absolute Gasteiger partial charge is 0.347 e. The van der Waals surface area contributed by atoms with Gasteiger partial charge >= 0.3 is 5.97 Å². The minimum Gasteiger partial charge on any atom is -0.486 e. The molecule has 0 aliphatic carbocycles. The van der Waals surface area contributed by atoms with Gasteiger partial charge in [0.25, 0.3) is 0 Å². The number of aromatic carboxylic acids is 1. The van der Waals surface area contributed by atoms with Crippen LogP contribution in [0, 0.1) is 5.41 Å². The second-order valence-electron chi connectivity index (χ2n) is 7.76. The molecule has 28 heavy (non-hydrogen) atoms. The van der Waals surface area contributed by atoms with Gasteiger partial charge in [0, 0.05) is 12.0 Å². The lowest BCUT2D eigenvalue weighted by molar-refractivity contribution is -0.140. The van der Waals surface area contributed by atoms with Crippen molar-refractivity contribution in [3.05, 3.63) is 44.9 Å². The fourth-order valence-electron chi connectivity index (χ4n) is 3.18. The summed E-state index contributed by atoms with van der Waals surface area (Å²) >= 11 is 7.21. The molecule has 0 spiro atoms. The van der Waals surface area contributed by atoms with Gasteiger partial charge < -0.3 is 14.7 Å². The predicted molar refractivity (Wildman–Crippen MR) is 108 cm³/mol. The fourth-order valence-corrected chi connectivity index (χ4v) is 4.43. The topological polar surface area (TPSA) is 79.7 Å². The molecule has 1 aromatic carbocycles. The van der Waals surface area contributed by atoms with E-state index in [4.69, 9.17) is 16.3 Å². The number of likely N-dealkylation sites (tertiary alicyclic amines) is 1. The molecule has 1 fully saturated rings. The highest BCUT2D eigenvalue weighted by atomic mass is 35.5. The molecule has 8 heteroatoms. The van der Waals surface area contributed by atoms with Crippen molar-refractivity contribution in [2.75, 3.05) is 6.54 Å². The van der Waals surface area contributed by atoms with E-state index in [2.05, 4.69) is 4.98 Å². The molecule has 3 rings (SSSR count). The normalized spacial score (nSPS) is 17.0. The van der Waals surface area contributed by atoms with Crippen LogP contribution in [0.15, 0.2) is 24.3 Å². The molecule has 1 unspecified atom stereocenters. The average molecular weight is 423 g/mol. The Balaban J connectivity index is 1.85. The number of carbonyl (C=O) groups is 2. The van der Waals surface area contributed by atoms with Crippen LogP contribution >= 0.6 is 22.9 Å². The van der Waals surface area contributed by atoms with Crippen LogP contribution < -0.4 is 4.74 Å². The van der Waals surface area contributed by atoms with Crippen molar-refractivity contribution in [1.29, 1.82) is 0 Å². The van der Waals surface area contributed by atoms with Gasteiger partial charge in [0.2, 0.25) is 5.91 Å². The monoisotopic (exact) mass is 422 g/mol. The summed E-state index contributed by atoms with van der Waals surface area (Å²) in [4.78, 5) is 31.0. The summed E-state index contributed by atoms with van der Waals surface area (Å²) in [5, 5.41) is 10.7. The van der Waals surface area contributed by atoms with Gasteiger partial charge in [-0.05, 0) is 25.0 Å². The van der Waals surface area contributed by atoms with Gasteiger partial charge in [-0.2, -0.15) is 0 Å². The number of carboxylic acid groups (broad SMARTS) is 1. The minimum atomic E-state index is -1.05. The lowest BCUT2D eigenvalue weighted by Gasteiger charge is -2.29. The van der Waals surface area contributed by atoms with Gasteiger partial charge in [0.1, 0.15) is 27.9 Å². The predicted octanol–water partition coefficient (Wildman–Crippen LogP) is 4.78. The molecule has 1 saturated heterocycles. The van der Waals surface area contributed by atoms with E-state index in [1.165, 1.54) is 0 Å². The number of amides is 1. The number of rotatable bonds is 5. The Labute approximate surface area is 173 Å². The van der Waals surface area contributed by atoms with Crippen LogP contribution in [-0.4, -0.2) is 33.4 Å². The van der Waals surface area contributed by atoms with Gasteiger partial charge in [0.05, 0.1) is 11.1 Å². The maximum absolute atomic E-state index is 12.8. The van der Waals surface area contributed by atoms with Gasteiger partial charge in [-0.25, -0.2) is 9.78 Å². The number of benzene rings is 1. The molecule has 150 valence electrons. The fraction of sp³-hybridized carbons (Fsp3) is 0.450. The molecular weight excluding hydrogens is 400 g/mol. The van der Waals surface area contributed by atoms with Crippen LogP contribution in [0.5, 0.6) is 5.75 Å². The standard InChI is InChI=1S/C20H23ClN2O4S/c1-20(2,3)19(26)23-10-6-8-14(23)17-22-13(16(28-17)18(24)25)11-27-15-9-5-4-7-12(15)21/h4-5,7,9,14H,6,8,10-11H2,1-3H3,(H,24,25). The maximum atomic E-state index is 12.8. The SMILES string of the molecule is CC(C)(C)C(=O)N1CCCC1c1nc(COc2ccccc2Cl)c(C(=O)O)s1. The lowest BCUT2D eigenvalue weighted by Crippen LogP contribution is -2.38. The molecule has 2 heterocycles. The van der Waals surface area contributed by atoms with Crippen molar-refractivity contribution in [1.82, 2.24) is 9.88 Å². The van der Waals surface area contributed by atoms with E-state index in [0.717, 1.165) is 24.2 Å². The quantitative estimate of drug-likeness (QED) is 0.749. The van der Waals surface area contributed by atoms with E-state index < -0.39 is 11.4 Å². The van der Waals surface area contributed by atoms with Crippen molar-refractivity contribution >= 4 is 34.8 Å². The Hall–Kier alpha value is -2.12. The van der Waals surface area contributed by atoms with Crippen molar-refractivity contribution in [2.24, 2.45) is 5.41 Å². The van der Waals surface area contributed by atoms with Crippen molar-refractivity contribution < 1.29 is 19.4 Å². The van der Waals surface area contributed by atoms with Crippen LogP contribution in [0.3, 0.4) is 0 Å². The third-order valence-corrected chi connectivity index (χ3v) is 6.05. The molecule has 6 nitrogen and oxygen atoms in total. The Morgan fingerprint density at radius 2 is 2.07 bits per heavy atom. The zero-order valence-corrected chi connectivity index (χ0v) is 17.6. The van der Waals surface area contributed by atoms with Gasteiger partial charge in [-0.15, -0.1) is 11.3 Å². The maximum Gasteiger partial charge on any atom is 0.347 e. The van der Waals surface area contributed by atoms with Crippen LogP contribution in [-0.2, 0) is 11.4 Å². The molecule has 1 aliphatic heterocycles. The molecule has 0 bridgehead atoms. The van der Waals surface area contributed by atoms with E-state index >= 15 is 0 Å². The largest absolute Gasteiger partial charge is 0.486 e. The van der Waals surface area contributed by atoms with Crippen LogP contribution in [0.25, 0.3) is 0 Å². The number of para-hydroxylation sites is 1. The molecule has 1 aliphatic rings. The number of carbonyl (C=O) groups excluding carboxylic acids is 1. The Bertz CT molecular complexity index is 891. The highest BCUT2D eigenvalue weighted by Crippen LogP contribution is 2.38. The van der Waals surface area contributed by atoms with Gasteiger partial charge in [-0.1, -0.05) is 44.5 Å². The lowest BCUT2D eigenvalue weighted by atomic mass is 9.94. The number of ether oxygens (including phenoxy) is 1. The third kappa shape index (κ3) is 4.31. The summed E-state index contributed by atoms with van der Waals surface area (Å²) in [6.45, 7) is 6.32. The first-order chi connectivity index (χ1) is 13.2. The second-order valence-corrected chi connectivity index (χ2v) is 9.20. The molecule has 1 N–H and O–H groups in total. The minimum absolute atomic E-state index is 0.00179. The average Bonchev–Trinajstić information content (AvgIpc) is 3.26. The summed E-state index contributed by atoms with van der Waals surface area (Å²) < 4.78 is 5.69. The van der Waals surface area contributed by atoms with E-state index in [-0.39, 0.29) is 23.4 Å². The first-order valence-corrected chi connectivity index (χ1v) is 10.3. The number of hydrogen-bond acceptors (Lipinski definition) is 5. The summed E-state index contributed by atoms with van der Waals surface area (Å²) in [6, 6.07) is 6.82. The van der Waals surface area contributed by atoms with Crippen LogP contribution in [0.1, 0.15) is 60.0 Å². The number of nitrogens with zero attached hydrogens (tertiary/aromatic N) is 2. The molecule has 1 atom stereocenters. The molecule has 1 aromatic heterocycles. The Morgan fingerprint density at radius 1 is 1.36 bits per heavy atom. The Kier molecular flexibility index (Phi) is 5.95. The molecule has 0 saturated carbocycles. The Morgan fingerprint density at radius 3 is 2.71 bits per heavy atom. The zero-order chi connectivity index (χ0) is 20.5. The first kappa shape index (κ1) is 20.6. The molecular formula is C20H23ClN2O4S.